The maximum absolute atomic E-state index is 12.2. The summed E-state index contributed by atoms with van der Waals surface area (Å²) in [4.78, 5) is 22.9. The zero-order valence-corrected chi connectivity index (χ0v) is 11.6. The molecule has 1 fully saturated rings. The third kappa shape index (κ3) is 3.57. The third-order valence-corrected chi connectivity index (χ3v) is 3.49. The van der Waals surface area contributed by atoms with E-state index in [1.807, 2.05) is 13.8 Å². The third-order valence-electron chi connectivity index (χ3n) is 3.49. The molecule has 5 heteroatoms. The fourth-order valence-electron chi connectivity index (χ4n) is 2.55. The molecule has 1 heterocycles. The van der Waals surface area contributed by atoms with Crippen LogP contribution in [0.25, 0.3) is 0 Å². The Hall–Kier alpha value is -1.88. The monoisotopic (exact) mass is 277 g/mol. The van der Waals surface area contributed by atoms with Gasteiger partial charge in [-0.15, -0.1) is 0 Å². The fourth-order valence-corrected chi connectivity index (χ4v) is 2.55. The molecule has 0 aromatic heterocycles. The minimum absolute atomic E-state index is 0.0519. The Labute approximate surface area is 117 Å². The number of rotatable bonds is 4. The van der Waals surface area contributed by atoms with Gasteiger partial charge in [-0.2, -0.15) is 0 Å². The summed E-state index contributed by atoms with van der Waals surface area (Å²) in [7, 11) is 0. The molecule has 1 saturated heterocycles. The summed E-state index contributed by atoms with van der Waals surface area (Å²) in [6.07, 6.45) is 0.664. The van der Waals surface area contributed by atoms with Crippen LogP contribution in [0.3, 0.4) is 0 Å². The van der Waals surface area contributed by atoms with Crippen molar-refractivity contribution in [1.29, 1.82) is 0 Å². The fraction of sp³-hybridized carbons (Fsp3) is 0.467. The van der Waals surface area contributed by atoms with Gasteiger partial charge in [0, 0.05) is 5.69 Å². The first-order valence-electron chi connectivity index (χ1n) is 6.72. The van der Waals surface area contributed by atoms with E-state index < -0.39 is 5.97 Å². The molecule has 0 bridgehead atoms. The summed E-state index contributed by atoms with van der Waals surface area (Å²) >= 11 is 0. The van der Waals surface area contributed by atoms with E-state index in [4.69, 9.17) is 9.84 Å². The average Bonchev–Trinajstić information content (AvgIpc) is 2.68. The maximum Gasteiger partial charge on any atom is 0.307 e. The van der Waals surface area contributed by atoms with E-state index in [0.29, 0.717) is 17.7 Å². The Balaban J connectivity index is 2.02. The Morgan fingerprint density at radius 2 is 2.15 bits per heavy atom. The largest absolute Gasteiger partial charge is 0.481 e. The van der Waals surface area contributed by atoms with Crippen LogP contribution in [0, 0.1) is 5.92 Å². The molecule has 1 aliphatic rings. The number of hydrogen-bond donors (Lipinski definition) is 2. The molecule has 1 aromatic carbocycles. The number of anilines is 1. The Morgan fingerprint density at radius 1 is 1.40 bits per heavy atom. The van der Waals surface area contributed by atoms with Crippen LogP contribution in [0.4, 0.5) is 5.69 Å². The highest BCUT2D eigenvalue weighted by Gasteiger charge is 2.34. The lowest BCUT2D eigenvalue weighted by molar-refractivity contribution is -0.136. The average molecular weight is 277 g/mol. The van der Waals surface area contributed by atoms with Gasteiger partial charge in [0.05, 0.1) is 24.5 Å². The van der Waals surface area contributed by atoms with Gasteiger partial charge in [-0.1, -0.05) is 12.1 Å². The van der Waals surface area contributed by atoms with E-state index in [2.05, 4.69) is 5.32 Å². The molecule has 1 aromatic rings. The van der Waals surface area contributed by atoms with Crippen LogP contribution in [0.2, 0.25) is 0 Å². The summed E-state index contributed by atoms with van der Waals surface area (Å²) in [5.74, 6) is -1.12. The van der Waals surface area contributed by atoms with Crippen molar-refractivity contribution in [1.82, 2.24) is 0 Å². The van der Waals surface area contributed by atoms with E-state index in [1.54, 1.807) is 24.3 Å². The molecule has 20 heavy (non-hydrogen) atoms. The molecule has 3 atom stereocenters. The summed E-state index contributed by atoms with van der Waals surface area (Å²) < 4.78 is 5.57. The molecule has 3 unspecified atom stereocenters. The summed E-state index contributed by atoms with van der Waals surface area (Å²) in [6, 6.07) is 6.92. The summed E-state index contributed by atoms with van der Waals surface area (Å²) in [5.41, 5.74) is 1.29. The number of ether oxygens (including phenoxy) is 1. The van der Waals surface area contributed by atoms with Crippen LogP contribution >= 0.6 is 0 Å². The van der Waals surface area contributed by atoms with Crippen molar-refractivity contribution in [3.8, 4) is 0 Å². The lowest BCUT2D eigenvalue weighted by Crippen LogP contribution is -2.27. The summed E-state index contributed by atoms with van der Waals surface area (Å²) in [5, 5.41) is 11.6. The highest BCUT2D eigenvalue weighted by Crippen LogP contribution is 2.27. The van der Waals surface area contributed by atoms with Gasteiger partial charge in [-0.3, -0.25) is 9.59 Å². The number of carboxylic acids is 1. The summed E-state index contributed by atoms with van der Waals surface area (Å²) in [6.45, 7) is 3.85. The van der Waals surface area contributed by atoms with Gasteiger partial charge in [0.15, 0.2) is 0 Å². The topological polar surface area (TPSA) is 75.6 Å². The Bertz CT molecular complexity index is 514. The highest BCUT2D eigenvalue weighted by atomic mass is 16.5. The molecule has 5 nitrogen and oxygen atoms in total. The molecule has 1 aliphatic heterocycles. The minimum atomic E-state index is -0.889. The number of amides is 1. The number of hydrogen-bond acceptors (Lipinski definition) is 3. The molecule has 0 saturated carbocycles. The van der Waals surface area contributed by atoms with Crippen LogP contribution in [0.1, 0.15) is 25.8 Å². The zero-order chi connectivity index (χ0) is 14.7. The van der Waals surface area contributed by atoms with Gasteiger partial charge in [0.1, 0.15) is 0 Å². The second-order valence-electron chi connectivity index (χ2n) is 5.25. The minimum Gasteiger partial charge on any atom is -0.481 e. The number of carbonyl (C=O) groups excluding carboxylic acids is 1. The van der Waals surface area contributed by atoms with Gasteiger partial charge in [0.25, 0.3) is 0 Å². The number of carboxylic acid groups (broad SMARTS) is 1. The van der Waals surface area contributed by atoms with Crippen LogP contribution in [0.5, 0.6) is 0 Å². The van der Waals surface area contributed by atoms with Crippen LogP contribution in [-0.2, 0) is 20.7 Å². The highest BCUT2D eigenvalue weighted by molar-refractivity contribution is 5.93. The smallest absolute Gasteiger partial charge is 0.307 e. The van der Waals surface area contributed by atoms with Crippen LogP contribution < -0.4 is 5.32 Å². The number of benzene rings is 1. The van der Waals surface area contributed by atoms with E-state index in [9.17, 15) is 9.59 Å². The first-order valence-corrected chi connectivity index (χ1v) is 6.72. The molecular weight excluding hydrogens is 258 g/mol. The van der Waals surface area contributed by atoms with E-state index in [0.717, 1.165) is 0 Å². The lowest BCUT2D eigenvalue weighted by Gasteiger charge is -2.14. The van der Waals surface area contributed by atoms with Crippen molar-refractivity contribution in [3.63, 3.8) is 0 Å². The second-order valence-corrected chi connectivity index (χ2v) is 5.25. The van der Waals surface area contributed by atoms with Crippen LogP contribution in [0.15, 0.2) is 24.3 Å². The molecule has 2 rings (SSSR count). The van der Waals surface area contributed by atoms with Gasteiger partial charge < -0.3 is 15.2 Å². The van der Waals surface area contributed by atoms with Crippen molar-refractivity contribution in [2.24, 2.45) is 5.92 Å². The number of carbonyl (C=O) groups is 2. The molecule has 2 N–H and O–H groups in total. The second kappa shape index (κ2) is 6.05. The molecule has 0 spiro atoms. The van der Waals surface area contributed by atoms with Crippen LogP contribution in [-0.4, -0.2) is 29.2 Å². The number of nitrogens with one attached hydrogen (secondary N) is 1. The predicted molar refractivity (Wildman–Crippen MR) is 74.5 cm³/mol. The molecule has 108 valence electrons. The Kier molecular flexibility index (Phi) is 4.39. The van der Waals surface area contributed by atoms with Crippen molar-refractivity contribution < 1.29 is 19.4 Å². The standard InChI is InChI=1S/C15H19NO4/c1-9-6-13(10(2)20-9)15(19)16-12-5-3-4-11(7-12)8-14(17)18/h3-5,7,9-10,13H,6,8H2,1-2H3,(H,16,19)(H,17,18). The normalized spacial score (nSPS) is 25.4. The van der Waals surface area contributed by atoms with Gasteiger partial charge in [-0.05, 0) is 38.0 Å². The zero-order valence-electron chi connectivity index (χ0n) is 11.6. The van der Waals surface area contributed by atoms with Gasteiger partial charge in [-0.25, -0.2) is 0 Å². The molecule has 0 radical (unpaired) electrons. The first-order chi connectivity index (χ1) is 9.45. The lowest BCUT2D eigenvalue weighted by atomic mass is 9.99. The van der Waals surface area contributed by atoms with Crippen molar-refractivity contribution in [3.05, 3.63) is 29.8 Å². The first kappa shape index (κ1) is 14.5. The van der Waals surface area contributed by atoms with Crippen molar-refractivity contribution >= 4 is 17.6 Å². The van der Waals surface area contributed by atoms with E-state index in [-0.39, 0.29) is 30.5 Å². The quantitative estimate of drug-likeness (QED) is 0.883. The molecule has 0 aliphatic carbocycles. The van der Waals surface area contributed by atoms with Gasteiger partial charge >= 0.3 is 5.97 Å². The molecule has 1 amide bonds. The van der Waals surface area contributed by atoms with Crippen molar-refractivity contribution in [2.45, 2.75) is 38.9 Å². The number of aliphatic carboxylic acids is 1. The maximum atomic E-state index is 12.2. The Morgan fingerprint density at radius 3 is 2.75 bits per heavy atom. The predicted octanol–water partition coefficient (Wildman–Crippen LogP) is 2.07. The van der Waals surface area contributed by atoms with Gasteiger partial charge in [0.2, 0.25) is 5.91 Å². The van der Waals surface area contributed by atoms with E-state index >= 15 is 0 Å². The molecular formula is C15H19NO4. The van der Waals surface area contributed by atoms with E-state index in [1.165, 1.54) is 0 Å². The van der Waals surface area contributed by atoms with Crippen molar-refractivity contribution in [2.75, 3.05) is 5.32 Å². The SMILES string of the molecule is CC1CC(C(=O)Nc2cccc(CC(=O)O)c2)C(C)O1.